The van der Waals surface area contributed by atoms with E-state index < -0.39 is 0 Å². The van der Waals surface area contributed by atoms with E-state index in [1.165, 1.54) is 0 Å². The van der Waals surface area contributed by atoms with E-state index in [9.17, 15) is 9.59 Å². The Bertz CT molecular complexity index is 664. The lowest BCUT2D eigenvalue weighted by atomic mass is 9.82. The number of rotatable bonds is 3. The molecule has 0 bridgehead atoms. The largest absolute Gasteiger partial charge is 0.375 e. The van der Waals surface area contributed by atoms with Crippen molar-refractivity contribution in [3.8, 4) is 0 Å². The van der Waals surface area contributed by atoms with E-state index in [2.05, 4.69) is 10.6 Å². The van der Waals surface area contributed by atoms with Gasteiger partial charge in [0.05, 0.1) is 12.7 Å². The van der Waals surface area contributed by atoms with E-state index in [1.54, 1.807) is 0 Å². The van der Waals surface area contributed by atoms with Crippen LogP contribution < -0.4 is 10.6 Å². The molecular formula is C21H30ClN3O3. The second-order valence-electron chi connectivity index (χ2n) is 7.92. The number of nitrogens with zero attached hydrogens (tertiary/aromatic N) is 1. The van der Waals surface area contributed by atoms with Crippen LogP contribution in [0.25, 0.3) is 0 Å². The van der Waals surface area contributed by atoms with E-state index in [0.717, 1.165) is 50.8 Å². The summed E-state index contributed by atoms with van der Waals surface area (Å²) in [5.41, 5.74) is 0.735. The Balaban J connectivity index is 0.00000225. The number of carbonyl (C=O) groups excluding carboxylic acids is 2. The minimum atomic E-state index is 0. The molecule has 2 saturated heterocycles. The van der Waals surface area contributed by atoms with Gasteiger partial charge in [-0.1, -0.05) is 18.2 Å². The van der Waals surface area contributed by atoms with E-state index in [0.29, 0.717) is 19.1 Å². The molecule has 1 aliphatic carbocycles. The first-order valence-corrected chi connectivity index (χ1v) is 10.2. The third-order valence-electron chi connectivity index (χ3n) is 6.15. The van der Waals surface area contributed by atoms with Gasteiger partial charge in [0.1, 0.15) is 0 Å². The number of nitrogens with one attached hydrogen (secondary N) is 2. The molecule has 2 heterocycles. The molecule has 1 saturated carbocycles. The first kappa shape index (κ1) is 21.1. The van der Waals surface area contributed by atoms with E-state index in [-0.39, 0.29) is 42.3 Å². The lowest BCUT2D eigenvalue weighted by Crippen LogP contribution is -2.54. The van der Waals surface area contributed by atoms with Crippen LogP contribution in [-0.4, -0.2) is 61.1 Å². The maximum absolute atomic E-state index is 12.7. The number of benzene rings is 1. The molecule has 1 aromatic carbocycles. The van der Waals surface area contributed by atoms with Crippen molar-refractivity contribution in [2.24, 2.45) is 5.92 Å². The average molecular weight is 408 g/mol. The zero-order valence-electron chi connectivity index (χ0n) is 16.1. The summed E-state index contributed by atoms with van der Waals surface area (Å²) >= 11 is 0. The molecule has 2 amide bonds. The first-order valence-electron chi connectivity index (χ1n) is 10.2. The minimum absolute atomic E-state index is 0. The van der Waals surface area contributed by atoms with Crippen LogP contribution in [0.1, 0.15) is 42.5 Å². The van der Waals surface area contributed by atoms with Gasteiger partial charge in [0.25, 0.3) is 5.91 Å². The van der Waals surface area contributed by atoms with Crippen LogP contribution in [0.4, 0.5) is 0 Å². The fourth-order valence-electron chi connectivity index (χ4n) is 4.56. The van der Waals surface area contributed by atoms with Crippen molar-refractivity contribution >= 4 is 24.2 Å². The average Bonchev–Trinajstić information content (AvgIpc) is 2.74. The molecule has 4 rings (SSSR count). The Morgan fingerprint density at radius 2 is 1.82 bits per heavy atom. The Kier molecular flexibility index (Phi) is 7.32. The fraction of sp³-hybridized carbons (Fsp3) is 0.619. The van der Waals surface area contributed by atoms with Crippen molar-refractivity contribution in [3.05, 3.63) is 35.9 Å². The Labute approximate surface area is 172 Å². The molecule has 3 aliphatic rings. The van der Waals surface area contributed by atoms with Gasteiger partial charge in [0.2, 0.25) is 5.91 Å². The number of fused-ring (bicyclic) bond motifs is 1. The fourth-order valence-corrected chi connectivity index (χ4v) is 4.56. The standard InChI is InChI=1S/C21H29N3O3.ClH/c25-20(16-6-7-19-18(14-16)22-10-13-27-19)23-17-8-11-24(12-9-17)21(26)15-4-2-1-3-5-15;/h1-5,16-19,22H,6-14H2,(H,23,25);1H/t16-,18+,19+;/m0./s1. The van der Waals surface area contributed by atoms with Crippen LogP contribution in [0.2, 0.25) is 0 Å². The summed E-state index contributed by atoms with van der Waals surface area (Å²) in [6.45, 7) is 3.05. The predicted molar refractivity (Wildman–Crippen MR) is 110 cm³/mol. The van der Waals surface area contributed by atoms with Crippen molar-refractivity contribution in [3.63, 3.8) is 0 Å². The molecule has 0 spiro atoms. The number of halogens is 1. The summed E-state index contributed by atoms with van der Waals surface area (Å²) in [7, 11) is 0. The number of hydrogen-bond acceptors (Lipinski definition) is 4. The summed E-state index contributed by atoms with van der Waals surface area (Å²) in [5, 5.41) is 6.73. The molecule has 3 atom stereocenters. The van der Waals surface area contributed by atoms with Crippen LogP contribution in [0.5, 0.6) is 0 Å². The number of ether oxygens (including phenoxy) is 1. The van der Waals surface area contributed by atoms with E-state index >= 15 is 0 Å². The summed E-state index contributed by atoms with van der Waals surface area (Å²) in [4.78, 5) is 27.1. The molecule has 0 radical (unpaired) electrons. The van der Waals surface area contributed by atoms with Crippen LogP contribution in [-0.2, 0) is 9.53 Å². The van der Waals surface area contributed by atoms with Crippen molar-refractivity contribution in [2.75, 3.05) is 26.2 Å². The number of likely N-dealkylation sites (tertiary alicyclic amines) is 1. The van der Waals surface area contributed by atoms with Gasteiger partial charge in [-0.25, -0.2) is 0 Å². The number of piperidine rings is 1. The zero-order chi connectivity index (χ0) is 18.6. The Morgan fingerprint density at radius 3 is 2.57 bits per heavy atom. The first-order chi connectivity index (χ1) is 13.2. The maximum atomic E-state index is 12.7. The van der Waals surface area contributed by atoms with Crippen LogP contribution in [0.15, 0.2) is 30.3 Å². The normalized spacial score (nSPS) is 28.0. The molecule has 7 heteroatoms. The molecule has 6 nitrogen and oxygen atoms in total. The van der Waals surface area contributed by atoms with Gasteiger partial charge < -0.3 is 20.3 Å². The molecule has 154 valence electrons. The Hall–Kier alpha value is -1.63. The highest BCUT2D eigenvalue weighted by molar-refractivity contribution is 5.94. The van der Waals surface area contributed by atoms with Crippen molar-refractivity contribution in [1.29, 1.82) is 0 Å². The molecule has 1 aromatic rings. The molecule has 3 fully saturated rings. The van der Waals surface area contributed by atoms with Gasteiger partial charge in [-0.05, 0) is 44.2 Å². The molecule has 0 unspecified atom stereocenters. The van der Waals surface area contributed by atoms with E-state index in [4.69, 9.17) is 4.74 Å². The number of morpholine rings is 1. The molecule has 0 aromatic heterocycles. The van der Waals surface area contributed by atoms with Crippen LogP contribution in [0.3, 0.4) is 0 Å². The smallest absolute Gasteiger partial charge is 0.253 e. The highest BCUT2D eigenvalue weighted by Gasteiger charge is 2.36. The monoisotopic (exact) mass is 407 g/mol. The molecule has 2 N–H and O–H groups in total. The third-order valence-corrected chi connectivity index (χ3v) is 6.15. The van der Waals surface area contributed by atoms with Crippen LogP contribution in [0, 0.1) is 5.92 Å². The number of amides is 2. The summed E-state index contributed by atoms with van der Waals surface area (Å²) in [6, 6.07) is 9.90. The summed E-state index contributed by atoms with van der Waals surface area (Å²) in [5.74, 6) is 0.333. The van der Waals surface area contributed by atoms with Crippen molar-refractivity contribution < 1.29 is 14.3 Å². The predicted octanol–water partition coefficient (Wildman–Crippen LogP) is 1.99. The molecule has 2 aliphatic heterocycles. The Morgan fingerprint density at radius 1 is 1.07 bits per heavy atom. The number of hydrogen-bond donors (Lipinski definition) is 2. The highest BCUT2D eigenvalue weighted by Crippen LogP contribution is 2.28. The van der Waals surface area contributed by atoms with Gasteiger partial charge in [-0.15, -0.1) is 12.4 Å². The van der Waals surface area contributed by atoms with Gasteiger partial charge in [0, 0.05) is 43.2 Å². The topological polar surface area (TPSA) is 70.7 Å². The SMILES string of the molecule is Cl.O=C(NC1CCN(C(=O)c2ccccc2)CC1)[C@H]1CC[C@H]2OCCN[C@@H]2C1. The third kappa shape index (κ3) is 4.85. The maximum Gasteiger partial charge on any atom is 0.253 e. The zero-order valence-corrected chi connectivity index (χ0v) is 17.0. The lowest BCUT2D eigenvalue weighted by molar-refractivity contribution is -0.129. The molecular weight excluding hydrogens is 378 g/mol. The van der Waals surface area contributed by atoms with Gasteiger partial charge >= 0.3 is 0 Å². The number of carbonyl (C=O) groups is 2. The van der Waals surface area contributed by atoms with Crippen LogP contribution >= 0.6 is 12.4 Å². The quantitative estimate of drug-likeness (QED) is 0.803. The second kappa shape index (κ2) is 9.72. The van der Waals surface area contributed by atoms with Gasteiger partial charge in [-0.2, -0.15) is 0 Å². The second-order valence-corrected chi connectivity index (χ2v) is 7.92. The molecule has 28 heavy (non-hydrogen) atoms. The van der Waals surface area contributed by atoms with Crippen molar-refractivity contribution in [2.45, 2.75) is 50.3 Å². The van der Waals surface area contributed by atoms with Crippen molar-refractivity contribution in [1.82, 2.24) is 15.5 Å². The lowest BCUT2D eigenvalue weighted by Gasteiger charge is -2.40. The summed E-state index contributed by atoms with van der Waals surface area (Å²) in [6.07, 6.45) is 4.64. The van der Waals surface area contributed by atoms with Gasteiger partial charge in [0.15, 0.2) is 0 Å². The summed E-state index contributed by atoms with van der Waals surface area (Å²) < 4.78 is 5.80. The highest BCUT2D eigenvalue weighted by atomic mass is 35.5. The van der Waals surface area contributed by atoms with E-state index in [1.807, 2.05) is 35.2 Å². The van der Waals surface area contributed by atoms with Gasteiger partial charge in [-0.3, -0.25) is 9.59 Å². The minimum Gasteiger partial charge on any atom is -0.375 e.